The number of thiazole rings is 1. The van der Waals surface area contributed by atoms with Gasteiger partial charge in [0, 0.05) is 11.6 Å². The number of carbonyl (C=O) groups excluding carboxylic acids is 1. The van der Waals surface area contributed by atoms with Crippen LogP contribution in [0.15, 0.2) is 22.9 Å². The zero-order valence-corrected chi connectivity index (χ0v) is 15.6. The fraction of sp³-hybridized carbons (Fsp3) is 0.263. The van der Waals surface area contributed by atoms with Crippen molar-refractivity contribution in [3.8, 4) is 11.4 Å². The maximum absolute atomic E-state index is 13.1. The van der Waals surface area contributed by atoms with E-state index in [0.29, 0.717) is 38.8 Å². The molecule has 0 atom stereocenters. The number of aromatic nitrogens is 3. The van der Waals surface area contributed by atoms with Gasteiger partial charge in [-0.3, -0.25) is 9.78 Å². The van der Waals surface area contributed by atoms with E-state index in [9.17, 15) is 9.18 Å². The van der Waals surface area contributed by atoms with Crippen LogP contribution >= 0.6 is 11.3 Å². The number of carbonyl (C=O) groups is 1. The fourth-order valence-electron chi connectivity index (χ4n) is 2.61. The summed E-state index contributed by atoms with van der Waals surface area (Å²) in [4.78, 5) is 21.4. The lowest BCUT2D eigenvalue weighted by Crippen LogP contribution is -2.25. The molecule has 0 unspecified atom stereocenters. The van der Waals surface area contributed by atoms with Crippen molar-refractivity contribution in [3.63, 3.8) is 0 Å². The molecule has 3 aromatic rings. The number of nitrogens with zero attached hydrogens (tertiary/aromatic N) is 3. The summed E-state index contributed by atoms with van der Waals surface area (Å²) in [7, 11) is 0. The van der Waals surface area contributed by atoms with Crippen molar-refractivity contribution < 1.29 is 13.7 Å². The first-order chi connectivity index (χ1) is 13.0. The summed E-state index contributed by atoms with van der Waals surface area (Å²) in [5.74, 6) is 0.142. The maximum Gasteiger partial charge on any atom is 0.263 e. The molecule has 0 bridgehead atoms. The Hall–Kier alpha value is -2.87. The molecule has 0 saturated heterocycles. The molecule has 1 fully saturated rings. The van der Waals surface area contributed by atoms with Gasteiger partial charge in [-0.1, -0.05) is 5.16 Å². The highest BCUT2D eigenvalue weighted by Crippen LogP contribution is 2.27. The van der Waals surface area contributed by atoms with E-state index in [4.69, 9.17) is 4.52 Å². The number of rotatable bonds is 5. The standard InChI is InChI=1S/C19H17FN4O2S/c1-10-18(19(25)23-13-4-5-13)27-16(22-10)8-6-14-11(2)26-24-17(14)15-7-3-12(20)9-21-15/h3,6-9,13H,4-5H2,1-2H3,(H,23,25). The van der Waals surface area contributed by atoms with Crippen LogP contribution in [0.4, 0.5) is 4.39 Å². The van der Waals surface area contributed by atoms with Gasteiger partial charge in [0.05, 0.1) is 17.6 Å². The molecule has 1 aliphatic carbocycles. The minimum Gasteiger partial charge on any atom is -0.360 e. The summed E-state index contributed by atoms with van der Waals surface area (Å²) in [5, 5.41) is 7.72. The number of pyridine rings is 1. The highest BCUT2D eigenvalue weighted by molar-refractivity contribution is 7.14. The van der Waals surface area contributed by atoms with E-state index in [1.54, 1.807) is 13.0 Å². The van der Waals surface area contributed by atoms with Crippen molar-refractivity contribution in [2.24, 2.45) is 0 Å². The smallest absolute Gasteiger partial charge is 0.263 e. The van der Waals surface area contributed by atoms with Gasteiger partial charge in [-0.25, -0.2) is 9.37 Å². The molecule has 138 valence electrons. The Morgan fingerprint density at radius 2 is 2.15 bits per heavy atom. The molecule has 1 N–H and O–H groups in total. The van der Waals surface area contributed by atoms with Crippen LogP contribution in [0, 0.1) is 19.7 Å². The number of nitrogens with one attached hydrogen (secondary N) is 1. The summed E-state index contributed by atoms with van der Waals surface area (Å²) >= 11 is 1.34. The average molecular weight is 384 g/mol. The van der Waals surface area contributed by atoms with Gasteiger partial charge < -0.3 is 9.84 Å². The molecule has 3 aromatic heterocycles. The Morgan fingerprint density at radius 3 is 2.85 bits per heavy atom. The SMILES string of the molecule is Cc1nc(C=Cc2c(-c3ccc(F)cn3)noc2C)sc1C(=O)NC1CC1. The van der Waals surface area contributed by atoms with Gasteiger partial charge in [-0.2, -0.15) is 0 Å². The molecule has 0 spiro atoms. The van der Waals surface area contributed by atoms with Crippen LogP contribution in [0.25, 0.3) is 23.5 Å². The quantitative estimate of drug-likeness (QED) is 0.719. The lowest BCUT2D eigenvalue weighted by atomic mass is 10.1. The number of halogens is 1. The topological polar surface area (TPSA) is 80.9 Å². The minimum atomic E-state index is -0.411. The van der Waals surface area contributed by atoms with Gasteiger partial charge in [0.1, 0.15) is 27.2 Å². The zero-order valence-electron chi connectivity index (χ0n) is 14.8. The Balaban J connectivity index is 1.59. The molecule has 6 nitrogen and oxygen atoms in total. The summed E-state index contributed by atoms with van der Waals surface area (Å²) in [6.07, 6.45) is 6.87. The highest BCUT2D eigenvalue weighted by Gasteiger charge is 2.25. The molecule has 0 radical (unpaired) electrons. The first-order valence-electron chi connectivity index (χ1n) is 8.56. The molecule has 1 amide bonds. The molecule has 3 heterocycles. The van der Waals surface area contributed by atoms with Crippen molar-refractivity contribution in [2.75, 3.05) is 0 Å². The number of aryl methyl sites for hydroxylation is 2. The Morgan fingerprint density at radius 1 is 1.33 bits per heavy atom. The van der Waals surface area contributed by atoms with Crippen molar-refractivity contribution >= 4 is 29.4 Å². The van der Waals surface area contributed by atoms with Crippen LogP contribution in [0.2, 0.25) is 0 Å². The lowest BCUT2D eigenvalue weighted by Gasteiger charge is -1.99. The molecular formula is C19H17FN4O2S. The van der Waals surface area contributed by atoms with Crippen molar-refractivity contribution in [2.45, 2.75) is 32.7 Å². The average Bonchev–Trinajstić information content (AvgIpc) is 3.26. The van der Waals surface area contributed by atoms with E-state index < -0.39 is 5.82 Å². The van der Waals surface area contributed by atoms with Gasteiger partial charge in [0.15, 0.2) is 0 Å². The Labute approximate surface area is 159 Å². The molecule has 1 saturated carbocycles. The van der Waals surface area contributed by atoms with Gasteiger partial charge in [-0.15, -0.1) is 11.3 Å². The third-order valence-electron chi connectivity index (χ3n) is 4.20. The number of amides is 1. The van der Waals surface area contributed by atoms with Crippen LogP contribution in [0.3, 0.4) is 0 Å². The van der Waals surface area contributed by atoms with E-state index in [-0.39, 0.29) is 5.91 Å². The van der Waals surface area contributed by atoms with E-state index in [1.807, 2.05) is 19.1 Å². The van der Waals surface area contributed by atoms with Crippen molar-refractivity contribution in [1.29, 1.82) is 0 Å². The van der Waals surface area contributed by atoms with E-state index in [2.05, 4.69) is 20.4 Å². The number of hydrogen-bond acceptors (Lipinski definition) is 6. The fourth-order valence-corrected chi connectivity index (χ4v) is 3.48. The van der Waals surface area contributed by atoms with Crippen molar-refractivity contribution in [1.82, 2.24) is 20.4 Å². The third kappa shape index (κ3) is 3.80. The predicted octanol–water partition coefficient (Wildman–Crippen LogP) is 4.01. The molecule has 8 heteroatoms. The summed E-state index contributed by atoms with van der Waals surface area (Å²) in [6, 6.07) is 3.19. The molecule has 1 aliphatic rings. The second kappa shape index (κ2) is 7.03. The highest BCUT2D eigenvalue weighted by atomic mass is 32.1. The van der Waals surface area contributed by atoms with Gasteiger partial charge >= 0.3 is 0 Å². The second-order valence-electron chi connectivity index (χ2n) is 6.41. The van der Waals surface area contributed by atoms with Crippen LogP contribution in [0.1, 0.15) is 44.5 Å². The molecule has 0 aliphatic heterocycles. The van der Waals surface area contributed by atoms with Crippen LogP contribution in [-0.2, 0) is 0 Å². The molecule has 0 aromatic carbocycles. The number of hydrogen-bond donors (Lipinski definition) is 1. The van der Waals surface area contributed by atoms with Crippen molar-refractivity contribution in [3.05, 3.63) is 51.0 Å². The van der Waals surface area contributed by atoms with Crippen LogP contribution in [-0.4, -0.2) is 27.1 Å². The molecule has 4 rings (SSSR count). The Kier molecular flexibility index (Phi) is 4.57. The first-order valence-corrected chi connectivity index (χ1v) is 9.37. The minimum absolute atomic E-state index is 0.0653. The first kappa shape index (κ1) is 17.5. The van der Waals surface area contributed by atoms with E-state index >= 15 is 0 Å². The van der Waals surface area contributed by atoms with Gasteiger partial charge in [-0.05, 0) is 51.0 Å². The third-order valence-corrected chi connectivity index (χ3v) is 5.32. The zero-order chi connectivity index (χ0) is 19.0. The Bertz CT molecular complexity index is 1020. The van der Waals surface area contributed by atoms with Gasteiger partial charge in [0.2, 0.25) is 0 Å². The summed E-state index contributed by atoms with van der Waals surface area (Å²) in [6.45, 7) is 3.62. The van der Waals surface area contributed by atoms with Gasteiger partial charge in [0.25, 0.3) is 5.91 Å². The largest absolute Gasteiger partial charge is 0.360 e. The summed E-state index contributed by atoms with van der Waals surface area (Å²) in [5.41, 5.74) is 2.50. The summed E-state index contributed by atoms with van der Waals surface area (Å²) < 4.78 is 18.4. The van der Waals surface area contributed by atoms with E-state index in [1.165, 1.54) is 17.4 Å². The maximum atomic E-state index is 13.1. The molecular weight excluding hydrogens is 367 g/mol. The molecule has 27 heavy (non-hydrogen) atoms. The lowest BCUT2D eigenvalue weighted by molar-refractivity contribution is 0.0954. The van der Waals surface area contributed by atoms with Crippen LogP contribution < -0.4 is 5.32 Å². The van der Waals surface area contributed by atoms with Crippen LogP contribution in [0.5, 0.6) is 0 Å². The second-order valence-corrected chi connectivity index (χ2v) is 7.44. The monoisotopic (exact) mass is 384 g/mol. The predicted molar refractivity (Wildman–Crippen MR) is 101 cm³/mol. The normalized spacial score (nSPS) is 14.0. The van der Waals surface area contributed by atoms with E-state index in [0.717, 1.165) is 24.6 Å².